The summed E-state index contributed by atoms with van der Waals surface area (Å²) in [6.45, 7) is 9.99. The first-order chi connectivity index (χ1) is 9.02. The summed E-state index contributed by atoms with van der Waals surface area (Å²) in [5, 5.41) is 3.92. The third-order valence-electron chi connectivity index (χ3n) is 2.78. The summed E-state index contributed by atoms with van der Waals surface area (Å²) in [4.78, 5) is 4.49. The second-order valence-electron chi connectivity index (χ2n) is 5.30. The van der Waals surface area contributed by atoms with Crippen LogP contribution in [0.15, 0.2) is 12.1 Å². The average Bonchev–Trinajstić information content (AvgIpc) is 2.35. The molecule has 19 heavy (non-hydrogen) atoms. The van der Waals surface area contributed by atoms with Gasteiger partial charge in [0.15, 0.2) is 0 Å². The second kappa shape index (κ2) is 8.39. The summed E-state index contributed by atoms with van der Waals surface area (Å²) in [6.07, 6.45) is 2.34. The molecule has 0 aliphatic rings. The zero-order chi connectivity index (χ0) is 14.3. The first-order valence-corrected chi connectivity index (χ1v) is 7.41. The highest BCUT2D eigenvalue weighted by Gasteiger charge is 2.09. The number of rotatable bonds is 8. The molecule has 1 heterocycles. The van der Waals surface area contributed by atoms with Crippen molar-refractivity contribution < 1.29 is 4.74 Å². The molecular weight excluding hydrogens is 260 g/mol. The number of hydrogen-bond donors (Lipinski definition) is 1. The predicted molar refractivity (Wildman–Crippen MR) is 81.7 cm³/mol. The van der Waals surface area contributed by atoms with Crippen LogP contribution in [-0.4, -0.2) is 17.6 Å². The quantitative estimate of drug-likeness (QED) is 0.763. The molecule has 0 fully saturated rings. The topological polar surface area (TPSA) is 34.1 Å². The molecule has 1 aromatic heterocycles. The van der Waals surface area contributed by atoms with Gasteiger partial charge in [-0.3, -0.25) is 0 Å². The number of hydrogen-bond acceptors (Lipinski definition) is 3. The van der Waals surface area contributed by atoms with Crippen molar-refractivity contribution in [2.45, 2.75) is 53.2 Å². The van der Waals surface area contributed by atoms with E-state index in [1.807, 2.05) is 12.1 Å². The third-order valence-corrected chi connectivity index (χ3v) is 3.13. The molecule has 1 aromatic rings. The van der Waals surface area contributed by atoms with Crippen LogP contribution in [0.3, 0.4) is 0 Å². The van der Waals surface area contributed by atoms with Gasteiger partial charge in [0.1, 0.15) is 5.82 Å². The summed E-state index contributed by atoms with van der Waals surface area (Å²) < 4.78 is 5.80. The van der Waals surface area contributed by atoms with Crippen molar-refractivity contribution >= 4 is 17.4 Å². The lowest BCUT2D eigenvalue weighted by Gasteiger charge is -2.15. The number of halogens is 1. The number of nitrogens with zero attached hydrogens (tertiary/aromatic N) is 1. The minimum absolute atomic E-state index is 0.227. The highest BCUT2D eigenvalue weighted by atomic mass is 35.5. The summed E-state index contributed by atoms with van der Waals surface area (Å²) in [6, 6.07) is 3.78. The SMILES string of the molecule is CCCNc1ccc(Cl)c(COC(C)CC(C)C)n1. The molecular formula is C15H25ClN2O. The van der Waals surface area contributed by atoms with Gasteiger partial charge in [-0.05, 0) is 37.8 Å². The van der Waals surface area contributed by atoms with Crippen LogP contribution in [0, 0.1) is 5.92 Å². The van der Waals surface area contributed by atoms with Crippen molar-refractivity contribution in [1.82, 2.24) is 4.98 Å². The van der Waals surface area contributed by atoms with Gasteiger partial charge in [0.05, 0.1) is 23.4 Å². The van der Waals surface area contributed by atoms with E-state index in [2.05, 4.69) is 38.0 Å². The lowest BCUT2D eigenvalue weighted by molar-refractivity contribution is 0.0380. The normalized spacial score (nSPS) is 12.7. The van der Waals surface area contributed by atoms with Crippen LogP contribution >= 0.6 is 11.6 Å². The Morgan fingerprint density at radius 1 is 1.32 bits per heavy atom. The average molecular weight is 285 g/mol. The molecule has 1 atom stereocenters. The fourth-order valence-corrected chi connectivity index (χ4v) is 2.05. The van der Waals surface area contributed by atoms with Gasteiger partial charge in [0.2, 0.25) is 0 Å². The molecule has 4 heteroatoms. The molecule has 0 bridgehead atoms. The van der Waals surface area contributed by atoms with Crippen LogP contribution in [0.25, 0.3) is 0 Å². The molecule has 0 aliphatic heterocycles. The smallest absolute Gasteiger partial charge is 0.126 e. The minimum Gasteiger partial charge on any atom is -0.372 e. The lowest BCUT2D eigenvalue weighted by Crippen LogP contribution is -2.12. The van der Waals surface area contributed by atoms with Gasteiger partial charge in [0.25, 0.3) is 0 Å². The standard InChI is InChI=1S/C15H25ClN2O/c1-5-8-17-15-7-6-13(16)14(18-15)10-19-12(4)9-11(2)3/h6-7,11-12H,5,8-10H2,1-4H3,(H,17,18). The Morgan fingerprint density at radius 3 is 2.68 bits per heavy atom. The van der Waals surface area contributed by atoms with Crippen LogP contribution in [-0.2, 0) is 11.3 Å². The molecule has 0 radical (unpaired) electrons. The zero-order valence-electron chi connectivity index (χ0n) is 12.4. The number of nitrogens with one attached hydrogen (secondary N) is 1. The molecule has 0 aromatic carbocycles. The first kappa shape index (κ1) is 16.3. The van der Waals surface area contributed by atoms with E-state index in [1.165, 1.54) is 0 Å². The second-order valence-corrected chi connectivity index (χ2v) is 5.71. The van der Waals surface area contributed by atoms with Crippen molar-refractivity contribution in [3.63, 3.8) is 0 Å². The molecule has 1 rings (SSSR count). The molecule has 1 N–H and O–H groups in total. The van der Waals surface area contributed by atoms with Crippen LogP contribution in [0.5, 0.6) is 0 Å². The highest BCUT2D eigenvalue weighted by molar-refractivity contribution is 6.31. The van der Waals surface area contributed by atoms with E-state index in [0.29, 0.717) is 17.5 Å². The molecule has 0 saturated carbocycles. The van der Waals surface area contributed by atoms with E-state index in [4.69, 9.17) is 16.3 Å². The lowest BCUT2D eigenvalue weighted by atomic mass is 10.1. The molecule has 0 saturated heterocycles. The van der Waals surface area contributed by atoms with Crippen molar-refractivity contribution in [1.29, 1.82) is 0 Å². The number of ether oxygens (including phenoxy) is 1. The minimum atomic E-state index is 0.227. The van der Waals surface area contributed by atoms with Gasteiger partial charge >= 0.3 is 0 Å². The van der Waals surface area contributed by atoms with E-state index in [0.717, 1.165) is 30.9 Å². The third kappa shape index (κ3) is 6.26. The monoisotopic (exact) mass is 284 g/mol. The van der Waals surface area contributed by atoms with Crippen molar-refractivity contribution in [2.24, 2.45) is 5.92 Å². The van der Waals surface area contributed by atoms with Crippen LogP contribution < -0.4 is 5.32 Å². The summed E-state index contributed by atoms with van der Waals surface area (Å²) >= 11 is 6.15. The van der Waals surface area contributed by atoms with E-state index in [1.54, 1.807) is 0 Å². The van der Waals surface area contributed by atoms with Crippen molar-refractivity contribution in [3.8, 4) is 0 Å². The first-order valence-electron chi connectivity index (χ1n) is 7.03. The van der Waals surface area contributed by atoms with Gasteiger partial charge in [-0.15, -0.1) is 0 Å². The molecule has 0 amide bonds. The van der Waals surface area contributed by atoms with Gasteiger partial charge in [-0.1, -0.05) is 32.4 Å². The van der Waals surface area contributed by atoms with E-state index < -0.39 is 0 Å². The Kier molecular flexibility index (Phi) is 7.17. The Bertz CT molecular complexity index is 382. The fourth-order valence-electron chi connectivity index (χ4n) is 1.89. The highest BCUT2D eigenvalue weighted by Crippen LogP contribution is 2.19. The van der Waals surface area contributed by atoms with Gasteiger partial charge in [-0.2, -0.15) is 0 Å². The number of pyridine rings is 1. The van der Waals surface area contributed by atoms with Gasteiger partial charge < -0.3 is 10.1 Å². The maximum Gasteiger partial charge on any atom is 0.126 e. The molecule has 0 aliphatic carbocycles. The largest absolute Gasteiger partial charge is 0.372 e. The number of anilines is 1. The Morgan fingerprint density at radius 2 is 2.05 bits per heavy atom. The fraction of sp³-hybridized carbons (Fsp3) is 0.667. The van der Waals surface area contributed by atoms with Gasteiger partial charge in [0, 0.05) is 6.54 Å². The maximum atomic E-state index is 6.15. The van der Waals surface area contributed by atoms with E-state index in [-0.39, 0.29) is 6.10 Å². The molecule has 1 unspecified atom stereocenters. The Hall–Kier alpha value is -0.800. The number of aromatic nitrogens is 1. The van der Waals surface area contributed by atoms with Crippen LogP contribution in [0.1, 0.15) is 46.2 Å². The van der Waals surface area contributed by atoms with Crippen molar-refractivity contribution in [2.75, 3.05) is 11.9 Å². The Balaban J connectivity index is 2.56. The van der Waals surface area contributed by atoms with Crippen molar-refractivity contribution in [3.05, 3.63) is 22.8 Å². The summed E-state index contributed by atoms with van der Waals surface area (Å²) in [5.74, 6) is 1.50. The summed E-state index contributed by atoms with van der Waals surface area (Å²) in [7, 11) is 0. The zero-order valence-corrected chi connectivity index (χ0v) is 13.1. The van der Waals surface area contributed by atoms with E-state index in [9.17, 15) is 0 Å². The van der Waals surface area contributed by atoms with E-state index >= 15 is 0 Å². The predicted octanol–water partition coefficient (Wildman–Crippen LogP) is 4.51. The van der Waals surface area contributed by atoms with Gasteiger partial charge in [-0.25, -0.2) is 4.98 Å². The molecule has 3 nitrogen and oxygen atoms in total. The maximum absolute atomic E-state index is 6.15. The molecule has 0 spiro atoms. The summed E-state index contributed by atoms with van der Waals surface area (Å²) in [5.41, 5.74) is 0.804. The Labute approximate surface area is 121 Å². The van der Waals surface area contributed by atoms with Crippen LogP contribution in [0.2, 0.25) is 5.02 Å². The van der Waals surface area contributed by atoms with Crippen LogP contribution in [0.4, 0.5) is 5.82 Å². The molecule has 108 valence electrons.